The zero-order valence-corrected chi connectivity index (χ0v) is 20.8. The highest BCUT2D eigenvalue weighted by Crippen LogP contribution is 2.44. The van der Waals surface area contributed by atoms with Crippen LogP contribution in [0, 0.1) is 0 Å². The van der Waals surface area contributed by atoms with E-state index in [-0.39, 0.29) is 30.6 Å². The van der Waals surface area contributed by atoms with Gasteiger partial charge in [-0.3, -0.25) is 9.80 Å². The number of likely N-dealkylation sites (tertiary alicyclic amines) is 1. The summed E-state index contributed by atoms with van der Waals surface area (Å²) in [5, 5.41) is 1.21. The Morgan fingerprint density at radius 1 is 1.21 bits per heavy atom. The number of hydrogen-bond acceptors (Lipinski definition) is 3. The topological polar surface area (TPSA) is 31.5 Å². The molecule has 5 rings (SSSR count). The number of nitrogens with one attached hydrogen (secondary N) is 1. The normalized spacial score (nSPS) is 26.8. The number of nitrogens with zero attached hydrogens (tertiary/aromatic N) is 2. The van der Waals surface area contributed by atoms with Crippen LogP contribution in [0.2, 0.25) is 0 Å². The molecule has 34 heavy (non-hydrogen) atoms. The van der Waals surface area contributed by atoms with Crippen LogP contribution >= 0.6 is 0 Å². The second kappa shape index (κ2) is 9.21. The van der Waals surface area contributed by atoms with E-state index in [1.165, 1.54) is 10.9 Å². The fraction of sp³-hybridized carbons (Fsp3) is 0.571. The standard InChI is InChI=1S/C28H37F2N3O/c1-5-12-32-15-20(16-32)34-25-11-10-19(14-23(25)29)27-26-22(21-8-6-7-9-24(21)31-26)13-18(2)33(27)17-28(3,4)30/h6-10,14,18,20,25,27,31H,5,11-13,15-17H2,1-4H3/t18-,25?,27-/m1/s1. The van der Waals surface area contributed by atoms with E-state index in [0.717, 1.165) is 49.3 Å². The van der Waals surface area contributed by atoms with Crippen LogP contribution in [0.1, 0.15) is 57.8 Å². The van der Waals surface area contributed by atoms with Gasteiger partial charge in [0.2, 0.25) is 0 Å². The summed E-state index contributed by atoms with van der Waals surface area (Å²) < 4.78 is 36.3. The van der Waals surface area contributed by atoms with Gasteiger partial charge in [0.15, 0.2) is 0 Å². The predicted molar refractivity (Wildman–Crippen MR) is 133 cm³/mol. The largest absolute Gasteiger partial charge is 0.365 e. The van der Waals surface area contributed by atoms with E-state index in [9.17, 15) is 4.39 Å². The first-order chi connectivity index (χ1) is 16.2. The Labute approximate surface area is 201 Å². The zero-order chi connectivity index (χ0) is 24.0. The van der Waals surface area contributed by atoms with Gasteiger partial charge in [-0.05, 0) is 69.9 Å². The molecule has 2 aliphatic heterocycles. The van der Waals surface area contributed by atoms with Crippen molar-refractivity contribution < 1.29 is 13.5 Å². The maximum absolute atomic E-state index is 15.3. The third kappa shape index (κ3) is 4.60. The highest BCUT2D eigenvalue weighted by molar-refractivity contribution is 5.85. The molecular weight excluding hydrogens is 432 g/mol. The average molecular weight is 470 g/mol. The Hall–Kier alpha value is -2.02. The van der Waals surface area contributed by atoms with E-state index >= 15 is 4.39 Å². The lowest BCUT2D eigenvalue weighted by molar-refractivity contribution is -0.0851. The molecule has 0 spiro atoms. The van der Waals surface area contributed by atoms with Crippen molar-refractivity contribution in [3.8, 4) is 0 Å². The van der Waals surface area contributed by atoms with Crippen molar-refractivity contribution in [3.05, 3.63) is 59.1 Å². The molecule has 6 heteroatoms. The van der Waals surface area contributed by atoms with E-state index in [4.69, 9.17) is 4.74 Å². The summed E-state index contributed by atoms with van der Waals surface area (Å²) in [5.41, 5.74) is 2.94. The van der Waals surface area contributed by atoms with Crippen molar-refractivity contribution in [1.82, 2.24) is 14.8 Å². The van der Waals surface area contributed by atoms with Crippen LogP contribution in [-0.4, -0.2) is 64.9 Å². The molecule has 184 valence electrons. The van der Waals surface area contributed by atoms with Gasteiger partial charge in [0.25, 0.3) is 0 Å². The van der Waals surface area contributed by atoms with E-state index in [1.54, 1.807) is 19.9 Å². The SMILES string of the molecule is CCCN1CC(OC2CC=C([C@@H]3c4[nH]c5ccccc5c4C[C@@H](C)N3CC(C)(C)F)C=C2F)C1. The van der Waals surface area contributed by atoms with Gasteiger partial charge in [-0.1, -0.05) is 31.2 Å². The van der Waals surface area contributed by atoms with Gasteiger partial charge in [0.05, 0.1) is 12.1 Å². The highest BCUT2D eigenvalue weighted by Gasteiger charge is 2.40. The first-order valence-corrected chi connectivity index (χ1v) is 12.7. The minimum absolute atomic E-state index is 0.101. The van der Waals surface area contributed by atoms with Crippen LogP contribution in [0.15, 0.2) is 47.8 Å². The number of para-hydroxylation sites is 1. The third-order valence-electron chi connectivity index (χ3n) is 7.39. The van der Waals surface area contributed by atoms with Crippen molar-refractivity contribution in [1.29, 1.82) is 0 Å². The summed E-state index contributed by atoms with van der Waals surface area (Å²) in [4.78, 5) is 8.14. The Balaban J connectivity index is 1.43. The molecule has 0 radical (unpaired) electrons. The number of benzene rings is 1. The quantitative estimate of drug-likeness (QED) is 0.551. The first kappa shape index (κ1) is 23.7. The Morgan fingerprint density at radius 2 is 1.97 bits per heavy atom. The molecule has 3 heterocycles. The van der Waals surface area contributed by atoms with E-state index in [2.05, 4.69) is 52.9 Å². The van der Waals surface area contributed by atoms with Crippen LogP contribution in [0.4, 0.5) is 8.78 Å². The smallest absolute Gasteiger partial charge is 0.129 e. The van der Waals surface area contributed by atoms with Gasteiger partial charge < -0.3 is 9.72 Å². The molecule has 0 saturated carbocycles. The van der Waals surface area contributed by atoms with Crippen molar-refractivity contribution in [2.75, 3.05) is 26.2 Å². The summed E-state index contributed by atoms with van der Waals surface area (Å²) in [6.07, 6.45) is 5.80. The third-order valence-corrected chi connectivity index (χ3v) is 7.39. The molecule has 0 amide bonds. The number of alkyl halides is 1. The second-order valence-electron chi connectivity index (χ2n) is 10.9. The van der Waals surface area contributed by atoms with Gasteiger partial charge in [-0.2, -0.15) is 0 Å². The minimum atomic E-state index is -1.35. The van der Waals surface area contributed by atoms with Gasteiger partial charge in [0.1, 0.15) is 17.6 Å². The molecule has 1 fully saturated rings. The molecule has 1 aliphatic carbocycles. The lowest BCUT2D eigenvalue weighted by atomic mass is 9.85. The van der Waals surface area contributed by atoms with Crippen LogP contribution in [0.5, 0.6) is 0 Å². The van der Waals surface area contributed by atoms with Crippen molar-refractivity contribution in [2.24, 2.45) is 0 Å². The number of fused-ring (bicyclic) bond motifs is 3. The minimum Gasteiger partial charge on any atom is -0.365 e. The lowest BCUT2D eigenvalue weighted by Crippen LogP contribution is -2.53. The molecule has 4 nitrogen and oxygen atoms in total. The van der Waals surface area contributed by atoms with Gasteiger partial charge in [0, 0.05) is 42.3 Å². The zero-order valence-electron chi connectivity index (χ0n) is 20.8. The number of H-pyrrole nitrogens is 1. The molecule has 1 saturated heterocycles. The fourth-order valence-corrected chi connectivity index (χ4v) is 5.86. The number of aromatic amines is 1. The molecule has 3 aliphatic rings. The Morgan fingerprint density at radius 3 is 2.68 bits per heavy atom. The van der Waals surface area contributed by atoms with Gasteiger partial charge >= 0.3 is 0 Å². The molecule has 1 aromatic carbocycles. The van der Waals surface area contributed by atoms with Crippen LogP contribution < -0.4 is 0 Å². The van der Waals surface area contributed by atoms with Crippen LogP contribution in [0.3, 0.4) is 0 Å². The predicted octanol–water partition coefficient (Wildman–Crippen LogP) is 5.87. The first-order valence-electron chi connectivity index (χ1n) is 12.7. The monoisotopic (exact) mass is 469 g/mol. The van der Waals surface area contributed by atoms with E-state index in [1.807, 2.05) is 6.07 Å². The Kier molecular flexibility index (Phi) is 6.42. The number of ether oxygens (including phenoxy) is 1. The van der Waals surface area contributed by atoms with Gasteiger partial charge in [-0.25, -0.2) is 8.78 Å². The molecule has 1 N–H and O–H groups in total. The second-order valence-corrected chi connectivity index (χ2v) is 10.9. The molecule has 1 unspecified atom stereocenters. The molecule has 3 atom stereocenters. The number of hydrogen-bond donors (Lipinski definition) is 1. The number of rotatable bonds is 7. The van der Waals surface area contributed by atoms with Crippen LogP contribution in [-0.2, 0) is 11.2 Å². The molecule has 1 aromatic heterocycles. The number of aromatic nitrogens is 1. The van der Waals surface area contributed by atoms with Crippen molar-refractivity contribution >= 4 is 10.9 Å². The molecular formula is C28H37F2N3O. The average Bonchev–Trinajstić information content (AvgIpc) is 3.11. The van der Waals surface area contributed by atoms with Crippen LogP contribution in [0.25, 0.3) is 10.9 Å². The van der Waals surface area contributed by atoms with Gasteiger partial charge in [-0.15, -0.1) is 0 Å². The lowest BCUT2D eigenvalue weighted by Gasteiger charge is -2.44. The molecule has 2 aromatic rings. The Bertz CT molecular complexity index is 1090. The fourth-order valence-electron chi connectivity index (χ4n) is 5.86. The maximum Gasteiger partial charge on any atom is 0.129 e. The highest BCUT2D eigenvalue weighted by atomic mass is 19.1. The summed E-state index contributed by atoms with van der Waals surface area (Å²) in [5.74, 6) is -0.221. The number of halogens is 2. The summed E-state index contributed by atoms with van der Waals surface area (Å²) >= 11 is 0. The summed E-state index contributed by atoms with van der Waals surface area (Å²) in [6.45, 7) is 10.7. The maximum atomic E-state index is 15.3. The van der Waals surface area contributed by atoms with E-state index in [0.29, 0.717) is 6.42 Å². The van der Waals surface area contributed by atoms with Crippen molar-refractivity contribution in [2.45, 2.75) is 76.9 Å². The van der Waals surface area contributed by atoms with Crippen molar-refractivity contribution in [3.63, 3.8) is 0 Å². The summed E-state index contributed by atoms with van der Waals surface area (Å²) in [6, 6.07) is 8.22. The molecule has 0 bridgehead atoms. The van der Waals surface area contributed by atoms with E-state index < -0.39 is 11.8 Å². The summed E-state index contributed by atoms with van der Waals surface area (Å²) in [7, 11) is 0.